The zero-order valence-corrected chi connectivity index (χ0v) is 14.6. The van der Waals surface area contributed by atoms with Gasteiger partial charge in [0.05, 0.1) is 14.2 Å². The lowest BCUT2D eigenvalue weighted by Crippen LogP contribution is -2.07. The lowest BCUT2D eigenvalue weighted by atomic mass is 10.1. The van der Waals surface area contributed by atoms with E-state index < -0.39 is 5.97 Å². The van der Waals surface area contributed by atoms with Gasteiger partial charge in [-0.1, -0.05) is 41.9 Å². The number of esters is 1. The van der Waals surface area contributed by atoms with E-state index in [1.807, 2.05) is 36.4 Å². The molecule has 0 fully saturated rings. The van der Waals surface area contributed by atoms with E-state index in [9.17, 15) is 4.79 Å². The average Bonchev–Trinajstić information content (AvgIpc) is 2.65. The molecule has 0 saturated carbocycles. The van der Waals surface area contributed by atoms with E-state index >= 15 is 0 Å². The van der Waals surface area contributed by atoms with Crippen LogP contribution >= 0.6 is 11.6 Å². The van der Waals surface area contributed by atoms with E-state index in [-0.39, 0.29) is 0 Å². The zero-order valence-electron chi connectivity index (χ0n) is 13.9. The minimum Gasteiger partial charge on any atom is -0.496 e. The van der Waals surface area contributed by atoms with Crippen LogP contribution < -0.4 is 10.1 Å². The number of anilines is 1. The zero-order chi connectivity index (χ0) is 17.8. The predicted octanol–water partition coefficient (Wildman–Crippen LogP) is 4.30. The molecule has 3 aromatic rings. The molecule has 1 heterocycles. The van der Waals surface area contributed by atoms with Gasteiger partial charge in [0, 0.05) is 11.9 Å². The quantitative estimate of drug-likeness (QED) is 0.545. The topological polar surface area (TPSA) is 60.5 Å². The molecule has 3 rings (SSSR count). The number of ether oxygens (including phenoxy) is 2. The Morgan fingerprint density at radius 1 is 1.16 bits per heavy atom. The van der Waals surface area contributed by atoms with Gasteiger partial charge < -0.3 is 14.8 Å². The molecule has 1 aromatic heterocycles. The van der Waals surface area contributed by atoms with E-state index in [0.717, 1.165) is 16.3 Å². The van der Waals surface area contributed by atoms with E-state index in [0.29, 0.717) is 28.8 Å². The maximum atomic E-state index is 11.9. The van der Waals surface area contributed by atoms with Crippen molar-refractivity contribution >= 4 is 34.2 Å². The summed E-state index contributed by atoms with van der Waals surface area (Å²) in [4.78, 5) is 16.2. The largest absolute Gasteiger partial charge is 0.496 e. The van der Waals surface area contributed by atoms with Gasteiger partial charge in [-0.15, -0.1) is 0 Å². The molecule has 0 spiro atoms. The van der Waals surface area contributed by atoms with Crippen molar-refractivity contribution in [2.45, 2.75) is 6.54 Å². The molecular formula is C19H17ClN2O3. The van der Waals surface area contributed by atoms with Crippen molar-refractivity contribution in [2.24, 2.45) is 0 Å². The maximum Gasteiger partial charge on any atom is 0.341 e. The Labute approximate surface area is 150 Å². The fourth-order valence-electron chi connectivity index (χ4n) is 2.57. The number of nitrogens with one attached hydrogen (secondary N) is 1. The van der Waals surface area contributed by atoms with Crippen LogP contribution in [-0.4, -0.2) is 25.2 Å². The van der Waals surface area contributed by atoms with Gasteiger partial charge in [-0.2, -0.15) is 0 Å². The lowest BCUT2D eigenvalue weighted by molar-refractivity contribution is 0.0597. The molecule has 0 unspecified atom stereocenters. The Kier molecular flexibility index (Phi) is 5.05. The van der Waals surface area contributed by atoms with Gasteiger partial charge in [-0.25, -0.2) is 9.78 Å². The molecule has 2 aromatic carbocycles. The van der Waals surface area contributed by atoms with Gasteiger partial charge in [0.1, 0.15) is 22.3 Å². The van der Waals surface area contributed by atoms with Crippen molar-refractivity contribution in [3.8, 4) is 5.75 Å². The molecule has 0 aliphatic heterocycles. The number of hydrogen-bond acceptors (Lipinski definition) is 5. The minimum atomic E-state index is -0.439. The Morgan fingerprint density at radius 2 is 1.96 bits per heavy atom. The first kappa shape index (κ1) is 17.0. The van der Waals surface area contributed by atoms with Crippen molar-refractivity contribution in [1.29, 1.82) is 0 Å². The van der Waals surface area contributed by atoms with Crippen LogP contribution in [0.25, 0.3) is 10.8 Å². The molecule has 0 radical (unpaired) electrons. The lowest BCUT2D eigenvalue weighted by Gasteiger charge is -2.11. The summed E-state index contributed by atoms with van der Waals surface area (Å²) in [6.45, 7) is 0.482. The van der Waals surface area contributed by atoms with Crippen LogP contribution in [0.2, 0.25) is 5.15 Å². The van der Waals surface area contributed by atoms with E-state index in [2.05, 4.69) is 10.3 Å². The van der Waals surface area contributed by atoms with Gasteiger partial charge >= 0.3 is 5.97 Å². The monoisotopic (exact) mass is 356 g/mol. The molecule has 0 atom stereocenters. The van der Waals surface area contributed by atoms with Crippen LogP contribution in [0.5, 0.6) is 5.75 Å². The van der Waals surface area contributed by atoms with Crippen LogP contribution in [0, 0.1) is 0 Å². The molecule has 0 saturated heterocycles. The second-order valence-corrected chi connectivity index (χ2v) is 5.76. The Balaban J connectivity index is 1.83. The first-order chi connectivity index (χ1) is 12.1. The third-order valence-corrected chi connectivity index (χ3v) is 4.12. The summed E-state index contributed by atoms with van der Waals surface area (Å²) in [7, 11) is 2.86. The Hall–Kier alpha value is -2.79. The fraction of sp³-hybridized carbons (Fsp3) is 0.158. The maximum absolute atomic E-state index is 11.9. The highest BCUT2D eigenvalue weighted by atomic mass is 35.5. The highest BCUT2D eigenvalue weighted by Crippen LogP contribution is 2.25. The number of fused-ring (bicyclic) bond motifs is 1. The summed E-state index contributed by atoms with van der Waals surface area (Å²) >= 11 is 6.24. The fourth-order valence-corrected chi connectivity index (χ4v) is 2.84. The first-order valence-electron chi connectivity index (χ1n) is 7.66. The molecule has 25 heavy (non-hydrogen) atoms. The van der Waals surface area contributed by atoms with Gasteiger partial charge in [0.15, 0.2) is 0 Å². The third-order valence-electron chi connectivity index (χ3n) is 3.84. The number of nitrogens with zero attached hydrogens (tertiary/aromatic N) is 1. The number of carbonyl (C=O) groups excluding carboxylic acids is 1. The number of pyridine rings is 1. The smallest absolute Gasteiger partial charge is 0.341 e. The number of hydrogen-bond donors (Lipinski definition) is 1. The van der Waals surface area contributed by atoms with Crippen molar-refractivity contribution in [3.05, 3.63) is 64.8 Å². The summed E-state index contributed by atoms with van der Waals surface area (Å²) in [5.41, 5.74) is 1.28. The number of methoxy groups -OCH3 is 2. The second-order valence-electron chi connectivity index (χ2n) is 5.40. The van der Waals surface area contributed by atoms with Crippen molar-refractivity contribution in [3.63, 3.8) is 0 Å². The van der Waals surface area contributed by atoms with Crippen LogP contribution in [0.3, 0.4) is 0 Å². The summed E-state index contributed by atoms with van der Waals surface area (Å²) < 4.78 is 9.99. The molecule has 0 bridgehead atoms. The standard InChI is InChI=1S/C19H17ClN2O3/c1-24-16-8-7-12(9-15(16)19(23)25-2)11-21-17-10-13-5-3-4-6-14(13)18(20)22-17/h3-10H,11H2,1-2H3,(H,21,22). The van der Waals surface area contributed by atoms with Gasteiger partial charge in [0.2, 0.25) is 0 Å². The molecular weight excluding hydrogens is 340 g/mol. The Morgan fingerprint density at radius 3 is 2.72 bits per heavy atom. The predicted molar refractivity (Wildman–Crippen MR) is 98.4 cm³/mol. The molecule has 0 aliphatic rings. The van der Waals surface area contributed by atoms with Gasteiger partial charge in [-0.05, 0) is 29.1 Å². The number of halogens is 1. The van der Waals surface area contributed by atoms with Crippen molar-refractivity contribution < 1.29 is 14.3 Å². The van der Waals surface area contributed by atoms with Gasteiger partial charge in [-0.3, -0.25) is 0 Å². The van der Waals surface area contributed by atoms with Crippen LogP contribution in [-0.2, 0) is 11.3 Å². The molecule has 5 nitrogen and oxygen atoms in total. The number of rotatable bonds is 5. The highest BCUT2D eigenvalue weighted by Gasteiger charge is 2.13. The van der Waals surface area contributed by atoms with Crippen molar-refractivity contribution in [2.75, 3.05) is 19.5 Å². The van der Waals surface area contributed by atoms with Crippen LogP contribution in [0.1, 0.15) is 15.9 Å². The highest BCUT2D eigenvalue weighted by molar-refractivity contribution is 6.34. The third kappa shape index (κ3) is 3.67. The molecule has 6 heteroatoms. The molecule has 0 aliphatic carbocycles. The Bertz CT molecular complexity index is 928. The van der Waals surface area contributed by atoms with Crippen LogP contribution in [0.15, 0.2) is 48.5 Å². The summed E-state index contributed by atoms with van der Waals surface area (Å²) in [5.74, 6) is 0.701. The first-order valence-corrected chi connectivity index (χ1v) is 8.04. The number of carbonyl (C=O) groups is 1. The molecule has 128 valence electrons. The molecule has 0 amide bonds. The number of benzene rings is 2. The summed E-state index contributed by atoms with van der Waals surface area (Å²) in [6, 6.07) is 15.1. The van der Waals surface area contributed by atoms with E-state index in [4.69, 9.17) is 21.1 Å². The van der Waals surface area contributed by atoms with E-state index in [1.165, 1.54) is 14.2 Å². The minimum absolute atomic E-state index is 0.383. The average molecular weight is 357 g/mol. The normalized spacial score (nSPS) is 10.5. The SMILES string of the molecule is COC(=O)c1cc(CNc2cc3ccccc3c(Cl)n2)ccc1OC. The van der Waals surface area contributed by atoms with Crippen molar-refractivity contribution in [1.82, 2.24) is 4.98 Å². The summed E-state index contributed by atoms with van der Waals surface area (Å²) in [6.07, 6.45) is 0. The van der Waals surface area contributed by atoms with E-state index in [1.54, 1.807) is 12.1 Å². The van der Waals surface area contributed by atoms with Gasteiger partial charge in [0.25, 0.3) is 0 Å². The van der Waals surface area contributed by atoms with Crippen LogP contribution in [0.4, 0.5) is 5.82 Å². The summed E-state index contributed by atoms with van der Waals surface area (Å²) in [5, 5.41) is 5.60. The number of aromatic nitrogens is 1. The second kappa shape index (κ2) is 7.40. The molecule has 1 N–H and O–H groups in total.